The summed E-state index contributed by atoms with van der Waals surface area (Å²) < 4.78 is 41.7. The third-order valence-corrected chi connectivity index (χ3v) is 5.82. The fraction of sp³-hybridized carbons (Fsp3) is 0.600. The second-order valence-corrected chi connectivity index (χ2v) is 8.29. The van der Waals surface area contributed by atoms with Crippen LogP contribution in [0.3, 0.4) is 0 Å². The molecular weight excluding hydrogens is 357 g/mol. The molecule has 1 rings (SSSR count). The molecule has 6 heteroatoms. The maximum atomic E-state index is 14.1. The van der Waals surface area contributed by atoms with Gasteiger partial charge in [-0.15, -0.1) is 0 Å². The first kappa shape index (κ1) is 18.6. The molecule has 0 fully saturated rings. The zero-order valence-corrected chi connectivity index (χ0v) is 15.3. The van der Waals surface area contributed by atoms with Crippen LogP contribution >= 0.6 is 15.9 Å². The molecule has 0 aliphatic rings. The highest BCUT2D eigenvalue weighted by Gasteiger charge is 2.32. The zero-order valence-electron chi connectivity index (χ0n) is 12.9. The van der Waals surface area contributed by atoms with Crippen LogP contribution in [0.4, 0.5) is 4.39 Å². The molecule has 21 heavy (non-hydrogen) atoms. The van der Waals surface area contributed by atoms with Crippen LogP contribution in [0.2, 0.25) is 0 Å². The molecule has 3 nitrogen and oxygen atoms in total. The average molecular weight is 380 g/mol. The Morgan fingerprint density at radius 2 is 1.81 bits per heavy atom. The number of hydrogen-bond acceptors (Lipinski definition) is 2. The zero-order chi connectivity index (χ0) is 16.2. The summed E-state index contributed by atoms with van der Waals surface area (Å²) in [5, 5.41) is 0. The Morgan fingerprint density at radius 1 is 1.24 bits per heavy atom. The molecule has 0 spiro atoms. The minimum absolute atomic E-state index is 0.111. The average Bonchev–Trinajstić information content (AvgIpc) is 2.38. The molecule has 0 N–H and O–H groups in total. The SMILES string of the molecule is CCC(CC)N(CC(C)C)S(=O)(=O)c1ccc(Br)cc1F. The highest BCUT2D eigenvalue weighted by atomic mass is 79.9. The lowest BCUT2D eigenvalue weighted by molar-refractivity contribution is 0.276. The summed E-state index contributed by atoms with van der Waals surface area (Å²) in [6.07, 6.45) is 1.42. The summed E-state index contributed by atoms with van der Waals surface area (Å²) in [5.41, 5.74) is 0. The molecule has 0 saturated heterocycles. The second-order valence-electron chi connectivity index (χ2n) is 5.51. The van der Waals surface area contributed by atoms with E-state index in [1.165, 1.54) is 16.4 Å². The summed E-state index contributed by atoms with van der Waals surface area (Å²) in [7, 11) is -3.83. The van der Waals surface area contributed by atoms with Gasteiger partial charge in [0.2, 0.25) is 10.0 Å². The molecule has 0 unspecified atom stereocenters. The van der Waals surface area contributed by atoms with Crippen LogP contribution in [0.5, 0.6) is 0 Å². The molecule has 0 aromatic heterocycles. The van der Waals surface area contributed by atoms with Crippen molar-refractivity contribution in [1.29, 1.82) is 0 Å². The van der Waals surface area contributed by atoms with Gasteiger partial charge in [-0.2, -0.15) is 4.31 Å². The summed E-state index contributed by atoms with van der Waals surface area (Å²) in [6.45, 7) is 8.22. The van der Waals surface area contributed by atoms with Crippen LogP contribution < -0.4 is 0 Å². The fourth-order valence-electron chi connectivity index (χ4n) is 2.31. The van der Waals surface area contributed by atoms with E-state index in [4.69, 9.17) is 0 Å². The van der Waals surface area contributed by atoms with Crippen LogP contribution in [0.25, 0.3) is 0 Å². The van der Waals surface area contributed by atoms with E-state index in [9.17, 15) is 12.8 Å². The third-order valence-electron chi connectivity index (χ3n) is 3.38. The normalized spacial score (nSPS) is 12.6. The van der Waals surface area contributed by atoms with Crippen molar-refractivity contribution in [3.05, 3.63) is 28.5 Å². The lowest BCUT2D eigenvalue weighted by Gasteiger charge is -2.31. The van der Waals surface area contributed by atoms with Gasteiger partial charge in [0.05, 0.1) is 0 Å². The molecule has 0 aliphatic heterocycles. The van der Waals surface area contributed by atoms with E-state index < -0.39 is 15.8 Å². The van der Waals surface area contributed by atoms with Gasteiger partial charge in [-0.25, -0.2) is 12.8 Å². The van der Waals surface area contributed by atoms with Gasteiger partial charge >= 0.3 is 0 Å². The second kappa shape index (κ2) is 7.70. The number of sulfonamides is 1. The van der Waals surface area contributed by atoms with Crippen molar-refractivity contribution in [2.24, 2.45) is 5.92 Å². The Labute approximate surface area is 135 Å². The smallest absolute Gasteiger partial charge is 0.207 e. The van der Waals surface area contributed by atoms with E-state index in [2.05, 4.69) is 15.9 Å². The van der Waals surface area contributed by atoms with Gasteiger partial charge in [0.1, 0.15) is 10.7 Å². The van der Waals surface area contributed by atoms with Crippen molar-refractivity contribution < 1.29 is 12.8 Å². The van der Waals surface area contributed by atoms with Gasteiger partial charge in [0.15, 0.2) is 0 Å². The first-order chi connectivity index (χ1) is 9.73. The lowest BCUT2D eigenvalue weighted by atomic mass is 10.1. The van der Waals surface area contributed by atoms with E-state index >= 15 is 0 Å². The van der Waals surface area contributed by atoms with E-state index in [0.29, 0.717) is 23.9 Å². The van der Waals surface area contributed by atoms with E-state index in [1.807, 2.05) is 27.7 Å². The van der Waals surface area contributed by atoms with Crippen LogP contribution in [0.15, 0.2) is 27.6 Å². The highest BCUT2D eigenvalue weighted by molar-refractivity contribution is 9.10. The van der Waals surface area contributed by atoms with Gasteiger partial charge in [0.25, 0.3) is 0 Å². The van der Waals surface area contributed by atoms with Crippen LogP contribution in [0.1, 0.15) is 40.5 Å². The third kappa shape index (κ3) is 4.50. The fourth-order valence-corrected chi connectivity index (χ4v) is 4.63. The molecule has 0 bridgehead atoms. The van der Waals surface area contributed by atoms with Crippen LogP contribution in [-0.2, 0) is 10.0 Å². The summed E-state index contributed by atoms with van der Waals surface area (Å²) in [4.78, 5) is -0.252. The van der Waals surface area contributed by atoms with Crippen molar-refractivity contribution in [2.75, 3.05) is 6.54 Å². The van der Waals surface area contributed by atoms with E-state index in [0.717, 1.165) is 0 Å². The minimum atomic E-state index is -3.83. The van der Waals surface area contributed by atoms with Crippen molar-refractivity contribution >= 4 is 26.0 Å². The Balaban J connectivity index is 3.32. The monoisotopic (exact) mass is 379 g/mol. The predicted octanol–water partition coefficient (Wildman–Crippen LogP) is 4.42. The van der Waals surface area contributed by atoms with Crippen molar-refractivity contribution in [3.63, 3.8) is 0 Å². The number of hydrogen-bond donors (Lipinski definition) is 0. The number of nitrogens with zero attached hydrogens (tertiary/aromatic N) is 1. The Kier molecular flexibility index (Phi) is 6.81. The Hall–Kier alpha value is -0.460. The first-order valence-corrected chi connectivity index (χ1v) is 9.44. The molecular formula is C15H23BrFNO2S. The summed E-state index contributed by atoms with van der Waals surface area (Å²) in [6, 6.07) is 3.95. The van der Waals surface area contributed by atoms with Crippen LogP contribution in [0, 0.1) is 11.7 Å². The molecule has 0 amide bonds. The molecule has 120 valence electrons. The first-order valence-electron chi connectivity index (χ1n) is 7.20. The summed E-state index contributed by atoms with van der Waals surface area (Å²) in [5.74, 6) is -0.539. The summed E-state index contributed by atoms with van der Waals surface area (Å²) >= 11 is 3.15. The van der Waals surface area contributed by atoms with E-state index in [1.54, 1.807) is 6.07 Å². The number of halogens is 2. The van der Waals surface area contributed by atoms with Gasteiger partial charge in [0, 0.05) is 17.1 Å². The Morgan fingerprint density at radius 3 is 2.24 bits per heavy atom. The highest BCUT2D eigenvalue weighted by Crippen LogP contribution is 2.26. The molecule has 1 aromatic rings. The minimum Gasteiger partial charge on any atom is -0.207 e. The number of rotatable bonds is 7. The molecule has 0 atom stereocenters. The van der Waals surface area contributed by atoms with Gasteiger partial charge < -0.3 is 0 Å². The maximum absolute atomic E-state index is 14.1. The van der Waals surface area contributed by atoms with Crippen LogP contribution in [-0.4, -0.2) is 25.3 Å². The van der Waals surface area contributed by atoms with Gasteiger partial charge in [-0.3, -0.25) is 0 Å². The topological polar surface area (TPSA) is 37.4 Å². The van der Waals surface area contributed by atoms with Gasteiger partial charge in [-0.05, 0) is 37.0 Å². The molecule has 0 radical (unpaired) electrons. The van der Waals surface area contributed by atoms with E-state index in [-0.39, 0.29) is 16.9 Å². The van der Waals surface area contributed by atoms with Crippen molar-refractivity contribution in [3.8, 4) is 0 Å². The lowest BCUT2D eigenvalue weighted by Crippen LogP contribution is -2.42. The molecule has 0 aliphatic carbocycles. The number of benzene rings is 1. The largest absolute Gasteiger partial charge is 0.246 e. The molecule has 0 saturated carbocycles. The molecule has 0 heterocycles. The van der Waals surface area contributed by atoms with Crippen molar-refractivity contribution in [2.45, 2.75) is 51.5 Å². The van der Waals surface area contributed by atoms with Gasteiger partial charge in [-0.1, -0.05) is 43.6 Å². The predicted molar refractivity (Wildman–Crippen MR) is 87.2 cm³/mol. The Bertz CT molecular complexity index is 571. The standard InChI is InChI=1S/C15H23BrFNO2S/c1-5-13(6-2)18(10-11(3)4)21(19,20)15-8-7-12(16)9-14(15)17/h7-9,11,13H,5-6,10H2,1-4H3. The molecule has 1 aromatic carbocycles. The maximum Gasteiger partial charge on any atom is 0.246 e. The quantitative estimate of drug-likeness (QED) is 0.702. The van der Waals surface area contributed by atoms with Crippen molar-refractivity contribution in [1.82, 2.24) is 4.31 Å².